The Bertz CT molecular complexity index is 361. The van der Waals surface area contributed by atoms with E-state index in [4.69, 9.17) is 15.2 Å². The molecule has 0 unspecified atom stereocenters. The van der Waals surface area contributed by atoms with Gasteiger partial charge in [-0.1, -0.05) is 12.1 Å². The van der Waals surface area contributed by atoms with Crippen molar-refractivity contribution in [3.05, 3.63) is 29.8 Å². The lowest BCUT2D eigenvalue weighted by Gasteiger charge is -2.51. The zero-order valence-corrected chi connectivity index (χ0v) is 10.1. The summed E-state index contributed by atoms with van der Waals surface area (Å²) < 4.78 is 10.5. The van der Waals surface area contributed by atoms with Crippen LogP contribution in [0.3, 0.4) is 0 Å². The van der Waals surface area contributed by atoms with Crippen LogP contribution in [0, 0.1) is 0 Å². The molecule has 0 bridgehead atoms. The van der Waals surface area contributed by atoms with Crippen LogP contribution < -0.4 is 10.5 Å². The number of ether oxygens (including phenoxy) is 2. The molecular weight excluding hydrogens is 202 g/mol. The maximum atomic E-state index is 6.27. The lowest BCUT2D eigenvalue weighted by Crippen LogP contribution is -2.64. The number of nitrogens with two attached hydrogens (primary N) is 1. The highest BCUT2D eigenvalue weighted by Crippen LogP contribution is 2.40. The van der Waals surface area contributed by atoms with E-state index in [0.717, 1.165) is 5.75 Å². The van der Waals surface area contributed by atoms with Crippen molar-refractivity contribution < 1.29 is 9.47 Å². The van der Waals surface area contributed by atoms with Crippen molar-refractivity contribution in [1.29, 1.82) is 0 Å². The van der Waals surface area contributed by atoms with Gasteiger partial charge in [-0.05, 0) is 31.5 Å². The van der Waals surface area contributed by atoms with Crippen LogP contribution in [0.5, 0.6) is 5.75 Å². The minimum absolute atomic E-state index is 0.0563. The average molecular weight is 221 g/mol. The summed E-state index contributed by atoms with van der Waals surface area (Å²) in [6.07, 6.45) is 0. The Morgan fingerprint density at radius 2 is 1.81 bits per heavy atom. The van der Waals surface area contributed by atoms with Gasteiger partial charge < -0.3 is 15.2 Å². The van der Waals surface area contributed by atoms with Crippen molar-refractivity contribution in [3.63, 3.8) is 0 Å². The lowest BCUT2D eigenvalue weighted by molar-refractivity contribution is -0.0919. The average Bonchev–Trinajstić information content (AvgIpc) is 2.15. The monoisotopic (exact) mass is 221 g/mol. The number of rotatable bonds is 3. The fourth-order valence-corrected chi connectivity index (χ4v) is 2.13. The Morgan fingerprint density at radius 1 is 1.25 bits per heavy atom. The summed E-state index contributed by atoms with van der Waals surface area (Å²) >= 11 is 0. The molecule has 0 radical (unpaired) electrons. The van der Waals surface area contributed by atoms with Crippen molar-refractivity contribution in [3.8, 4) is 5.75 Å². The zero-order valence-electron chi connectivity index (χ0n) is 10.1. The molecule has 1 aromatic carbocycles. The Balaban J connectivity index is 2.34. The van der Waals surface area contributed by atoms with Crippen LogP contribution in [0.15, 0.2) is 24.3 Å². The molecule has 16 heavy (non-hydrogen) atoms. The van der Waals surface area contributed by atoms with Gasteiger partial charge in [-0.2, -0.15) is 0 Å². The predicted molar refractivity (Wildman–Crippen MR) is 63.8 cm³/mol. The number of hydrogen-bond acceptors (Lipinski definition) is 3. The summed E-state index contributed by atoms with van der Waals surface area (Å²) in [6.45, 7) is 5.51. The Hall–Kier alpha value is -1.06. The third kappa shape index (κ3) is 1.60. The van der Waals surface area contributed by atoms with Gasteiger partial charge >= 0.3 is 0 Å². The van der Waals surface area contributed by atoms with Gasteiger partial charge in [-0.25, -0.2) is 0 Å². The Kier molecular flexibility index (Phi) is 2.68. The van der Waals surface area contributed by atoms with Crippen LogP contribution in [0.4, 0.5) is 0 Å². The highest BCUT2D eigenvalue weighted by Gasteiger charge is 2.50. The summed E-state index contributed by atoms with van der Waals surface area (Å²) in [5, 5.41) is 0. The van der Waals surface area contributed by atoms with Gasteiger partial charge in [0.05, 0.1) is 25.7 Å². The zero-order chi connectivity index (χ0) is 11.8. The van der Waals surface area contributed by atoms with Crippen LogP contribution in [0.2, 0.25) is 0 Å². The van der Waals surface area contributed by atoms with Crippen molar-refractivity contribution in [1.82, 2.24) is 0 Å². The van der Waals surface area contributed by atoms with Gasteiger partial charge in [0.2, 0.25) is 0 Å². The molecule has 1 saturated heterocycles. The third-order valence-electron chi connectivity index (χ3n) is 3.57. The van der Waals surface area contributed by atoms with Gasteiger partial charge in [0, 0.05) is 5.54 Å². The van der Waals surface area contributed by atoms with E-state index in [1.807, 2.05) is 12.1 Å². The van der Waals surface area contributed by atoms with E-state index in [1.165, 1.54) is 5.56 Å². The predicted octanol–water partition coefficient (Wildman–Crippen LogP) is 1.70. The van der Waals surface area contributed by atoms with Crippen molar-refractivity contribution in [2.24, 2.45) is 5.73 Å². The first-order chi connectivity index (χ1) is 7.49. The third-order valence-corrected chi connectivity index (χ3v) is 3.57. The summed E-state index contributed by atoms with van der Waals surface area (Å²) in [5.41, 5.74) is 7.16. The topological polar surface area (TPSA) is 44.5 Å². The summed E-state index contributed by atoms with van der Waals surface area (Å²) in [4.78, 5) is 0. The standard InChI is InChI=1S/C13H19NO2/c1-12(2,14)13(8-16-9-13)10-4-6-11(15-3)7-5-10/h4-7H,8-9,14H2,1-3H3. The summed E-state index contributed by atoms with van der Waals surface area (Å²) in [6, 6.07) is 8.11. The Morgan fingerprint density at radius 3 is 2.12 bits per heavy atom. The molecule has 0 aromatic heterocycles. The molecule has 1 fully saturated rings. The van der Waals surface area contributed by atoms with Crippen LogP contribution in [0.25, 0.3) is 0 Å². The maximum absolute atomic E-state index is 6.27. The molecule has 0 aliphatic carbocycles. The van der Waals surface area contributed by atoms with Crippen LogP contribution in [0.1, 0.15) is 19.4 Å². The molecular formula is C13H19NO2. The number of benzene rings is 1. The smallest absolute Gasteiger partial charge is 0.118 e. The number of hydrogen-bond donors (Lipinski definition) is 1. The van der Waals surface area contributed by atoms with E-state index in [1.54, 1.807) is 7.11 Å². The molecule has 0 amide bonds. The van der Waals surface area contributed by atoms with E-state index in [-0.39, 0.29) is 11.0 Å². The normalized spacial score (nSPS) is 19.0. The molecule has 2 rings (SSSR count). The molecule has 1 heterocycles. The summed E-state index contributed by atoms with van der Waals surface area (Å²) in [7, 11) is 1.67. The Labute approximate surface area is 96.5 Å². The molecule has 0 atom stereocenters. The van der Waals surface area contributed by atoms with Crippen molar-refractivity contribution in [2.75, 3.05) is 20.3 Å². The lowest BCUT2D eigenvalue weighted by atomic mass is 9.66. The summed E-state index contributed by atoms with van der Waals surface area (Å²) in [5.74, 6) is 0.869. The molecule has 1 aromatic rings. The first kappa shape index (κ1) is 11.4. The molecule has 88 valence electrons. The van der Waals surface area contributed by atoms with Gasteiger partial charge in [0.1, 0.15) is 5.75 Å². The van der Waals surface area contributed by atoms with E-state index in [9.17, 15) is 0 Å². The second-order valence-corrected chi connectivity index (χ2v) is 5.03. The van der Waals surface area contributed by atoms with E-state index in [0.29, 0.717) is 13.2 Å². The molecule has 0 spiro atoms. The number of methoxy groups -OCH3 is 1. The maximum Gasteiger partial charge on any atom is 0.118 e. The van der Waals surface area contributed by atoms with E-state index < -0.39 is 0 Å². The second kappa shape index (κ2) is 3.75. The van der Waals surface area contributed by atoms with Crippen molar-refractivity contribution in [2.45, 2.75) is 24.8 Å². The van der Waals surface area contributed by atoms with Crippen LogP contribution >= 0.6 is 0 Å². The minimum atomic E-state index is -0.278. The fourth-order valence-electron chi connectivity index (χ4n) is 2.13. The minimum Gasteiger partial charge on any atom is -0.497 e. The van der Waals surface area contributed by atoms with Gasteiger partial charge in [-0.15, -0.1) is 0 Å². The fraction of sp³-hybridized carbons (Fsp3) is 0.538. The molecule has 3 heteroatoms. The van der Waals surface area contributed by atoms with Crippen LogP contribution in [-0.4, -0.2) is 25.9 Å². The van der Waals surface area contributed by atoms with Crippen LogP contribution in [-0.2, 0) is 10.2 Å². The molecule has 0 saturated carbocycles. The highest BCUT2D eigenvalue weighted by molar-refractivity contribution is 5.37. The molecule has 2 N–H and O–H groups in total. The van der Waals surface area contributed by atoms with Crippen molar-refractivity contribution >= 4 is 0 Å². The second-order valence-electron chi connectivity index (χ2n) is 5.03. The molecule has 1 aliphatic heterocycles. The molecule has 3 nitrogen and oxygen atoms in total. The molecule has 1 aliphatic rings. The SMILES string of the molecule is COc1ccc(C2(C(C)(C)N)COC2)cc1. The quantitative estimate of drug-likeness (QED) is 0.845. The van der Waals surface area contributed by atoms with Gasteiger partial charge in [0.15, 0.2) is 0 Å². The van der Waals surface area contributed by atoms with Gasteiger partial charge in [-0.3, -0.25) is 0 Å². The first-order valence-electron chi connectivity index (χ1n) is 5.51. The van der Waals surface area contributed by atoms with E-state index in [2.05, 4.69) is 26.0 Å². The highest BCUT2D eigenvalue weighted by atomic mass is 16.5. The first-order valence-corrected chi connectivity index (χ1v) is 5.51. The van der Waals surface area contributed by atoms with E-state index >= 15 is 0 Å². The van der Waals surface area contributed by atoms with Gasteiger partial charge in [0.25, 0.3) is 0 Å². The largest absolute Gasteiger partial charge is 0.497 e.